The number of para-hydroxylation sites is 2. The van der Waals surface area contributed by atoms with Gasteiger partial charge in [-0.2, -0.15) is 0 Å². The van der Waals surface area contributed by atoms with E-state index in [1.54, 1.807) is 6.20 Å². The van der Waals surface area contributed by atoms with E-state index < -0.39 is 0 Å². The van der Waals surface area contributed by atoms with E-state index in [4.69, 9.17) is 0 Å². The molecule has 0 bridgehead atoms. The van der Waals surface area contributed by atoms with Gasteiger partial charge in [-0.1, -0.05) is 36.4 Å². The van der Waals surface area contributed by atoms with Gasteiger partial charge in [0.05, 0.1) is 11.4 Å². The average molecular weight is 333 g/mol. The summed E-state index contributed by atoms with van der Waals surface area (Å²) in [5.74, 6) is -0.570. The van der Waals surface area contributed by atoms with Crippen molar-refractivity contribution in [3.63, 3.8) is 0 Å². The number of carbonyl (C=O) groups excluding carboxylic acids is 2. The molecule has 0 aliphatic carbocycles. The van der Waals surface area contributed by atoms with Crippen molar-refractivity contribution < 1.29 is 9.59 Å². The number of benzene rings is 2. The molecule has 2 amide bonds. The molecule has 4 rings (SSSR count). The average Bonchev–Trinajstić information content (AvgIpc) is 3.25. The summed E-state index contributed by atoms with van der Waals surface area (Å²) in [7, 11) is 0. The molecule has 0 radical (unpaired) electrons. The second kappa shape index (κ2) is 6.43. The van der Waals surface area contributed by atoms with E-state index in [1.807, 2.05) is 60.7 Å². The third-order valence-corrected chi connectivity index (χ3v) is 4.50. The first-order chi connectivity index (χ1) is 12.3. The predicted octanol–water partition coefficient (Wildman–Crippen LogP) is 2.96. The molecule has 2 heterocycles. The van der Waals surface area contributed by atoms with Gasteiger partial charge < -0.3 is 4.90 Å². The molecular weight excluding hydrogens is 314 g/mol. The molecule has 2 aliphatic rings. The monoisotopic (exact) mass is 333 g/mol. The number of hydrogen-bond acceptors (Lipinski definition) is 3. The van der Waals surface area contributed by atoms with Gasteiger partial charge in [0.25, 0.3) is 11.8 Å². The summed E-state index contributed by atoms with van der Waals surface area (Å²) in [5, 5.41) is 2.92. The summed E-state index contributed by atoms with van der Waals surface area (Å²) in [6.45, 7) is 1.78. The second-order valence-corrected chi connectivity index (χ2v) is 6.19. The molecule has 2 aromatic carbocycles. The van der Waals surface area contributed by atoms with Crippen molar-refractivity contribution in [2.24, 2.45) is 0 Å². The van der Waals surface area contributed by atoms with Gasteiger partial charge >= 0.3 is 0 Å². The van der Waals surface area contributed by atoms with Gasteiger partial charge in [0.15, 0.2) is 0 Å². The van der Waals surface area contributed by atoms with E-state index in [-0.39, 0.29) is 17.4 Å². The number of nitrogens with zero attached hydrogens (tertiary/aromatic N) is 3. The molecule has 2 aliphatic heterocycles. The van der Waals surface area contributed by atoms with Crippen molar-refractivity contribution in [3.05, 3.63) is 72.4 Å². The van der Waals surface area contributed by atoms with Crippen molar-refractivity contribution in [1.29, 1.82) is 0 Å². The highest BCUT2D eigenvalue weighted by atomic mass is 16.2. The van der Waals surface area contributed by atoms with Gasteiger partial charge in [0.1, 0.15) is 5.57 Å². The Morgan fingerprint density at radius 3 is 1.56 bits per heavy atom. The smallest absolute Gasteiger partial charge is 0.284 e. The fraction of sp³-hybridized carbons (Fsp3) is 0.200. The predicted molar refractivity (Wildman–Crippen MR) is 96.7 cm³/mol. The molecule has 5 nitrogen and oxygen atoms in total. The van der Waals surface area contributed by atoms with E-state index in [0.29, 0.717) is 11.4 Å². The summed E-state index contributed by atoms with van der Waals surface area (Å²) in [5.41, 5.74) is 1.57. The molecule has 0 aromatic heterocycles. The van der Waals surface area contributed by atoms with Crippen molar-refractivity contribution in [3.8, 4) is 0 Å². The Morgan fingerprint density at radius 1 is 0.680 bits per heavy atom. The Bertz CT molecular complexity index is 752. The largest absolute Gasteiger partial charge is 0.377 e. The SMILES string of the molecule is O=C1C(=CN2CCCC2)C(=O)N(c2ccccc2)N1c1ccccc1. The highest BCUT2D eigenvalue weighted by Gasteiger charge is 2.43. The van der Waals surface area contributed by atoms with Crippen LogP contribution in [-0.4, -0.2) is 29.8 Å². The molecule has 25 heavy (non-hydrogen) atoms. The summed E-state index contributed by atoms with van der Waals surface area (Å²) in [4.78, 5) is 28.2. The molecule has 5 heteroatoms. The molecule has 0 unspecified atom stereocenters. The summed E-state index contributed by atoms with van der Waals surface area (Å²) in [6.07, 6.45) is 3.92. The summed E-state index contributed by atoms with van der Waals surface area (Å²) in [6, 6.07) is 18.5. The number of amides is 2. The lowest BCUT2D eigenvalue weighted by Gasteiger charge is -2.27. The Morgan fingerprint density at radius 2 is 1.12 bits per heavy atom. The Kier molecular flexibility index (Phi) is 3.98. The van der Waals surface area contributed by atoms with Crippen LogP contribution in [0.2, 0.25) is 0 Å². The number of carbonyl (C=O) groups is 2. The van der Waals surface area contributed by atoms with Crippen molar-refractivity contribution in [2.45, 2.75) is 12.8 Å². The van der Waals surface area contributed by atoms with E-state index >= 15 is 0 Å². The van der Waals surface area contributed by atoms with Crippen LogP contribution in [0.1, 0.15) is 12.8 Å². The van der Waals surface area contributed by atoms with Crippen LogP contribution < -0.4 is 10.0 Å². The number of likely N-dealkylation sites (tertiary alicyclic amines) is 1. The standard InChI is InChI=1S/C20H19N3O2/c24-19-18(15-21-13-7-8-14-21)20(25)23(17-11-5-2-6-12-17)22(19)16-9-3-1-4-10-16/h1-6,9-12,15H,7-8,13-14H2. The quantitative estimate of drug-likeness (QED) is 0.641. The first kappa shape index (κ1) is 15.4. The first-order valence-corrected chi connectivity index (χ1v) is 8.50. The maximum atomic E-state index is 13.1. The van der Waals surface area contributed by atoms with Gasteiger partial charge in [-0.25, -0.2) is 10.0 Å². The highest BCUT2D eigenvalue weighted by Crippen LogP contribution is 2.31. The Labute approximate surface area is 146 Å². The zero-order valence-electron chi connectivity index (χ0n) is 13.8. The number of hydrazine groups is 1. The molecular formula is C20H19N3O2. The number of hydrogen-bond donors (Lipinski definition) is 0. The van der Waals surface area contributed by atoms with Crippen LogP contribution in [0.3, 0.4) is 0 Å². The van der Waals surface area contributed by atoms with Crippen molar-refractivity contribution >= 4 is 23.2 Å². The third kappa shape index (κ3) is 2.78. The van der Waals surface area contributed by atoms with Crippen LogP contribution >= 0.6 is 0 Å². The van der Waals surface area contributed by atoms with Gasteiger partial charge in [-0.05, 0) is 37.1 Å². The van der Waals surface area contributed by atoms with Crippen LogP contribution in [-0.2, 0) is 9.59 Å². The van der Waals surface area contributed by atoms with Crippen LogP contribution in [0.5, 0.6) is 0 Å². The minimum Gasteiger partial charge on any atom is -0.377 e. The van der Waals surface area contributed by atoms with Crippen molar-refractivity contribution in [1.82, 2.24) is 4.90 Å². The second-order valence-electron chi connectivity index (χ2n) is 6.19. The van der Waals surface area contributed by atoms with Gasteiger partial charge in [0, 0.05) is 19.3 Å². The molecule has 126 valence electrons. The van der Waals surface area contributed by atoms with Crippen LogP contribution in [0.15, 0.2) is 72.4 Å². The maximum Gasteiger partial charge on any atom is 0.284 e. The Hall–Kier alpha value is -3.08. The topological polar surface area (TPSA) is 43.9 Å². The molecule has 2 saturated heterocycles. The fourth-order valence-corrected chi connectivity index (χ4v) is 3.27. The molecule has 0 spiro atoms. The minimum absolute atomic E-state index is 0.217. The fourth-order valence-electron chi connectivity index (χ4n) is 3.27. The van der Waals surface area contributed by atoms with Crippen LogP contribution in [0.25, 0.3) is 0 Å². The van der Waals surface area contributed by atoms with Crippen LogP contribution in [0, 0.1) is 0 Å². The Balaban J connectivity index is 1.79. The molecule has 0 saturated carbocycles. The van der Waals surface area contributed by atoms with Gasteiger partial charge in [-0.3, -0.25) is 9.59 Å². The normalized spacial score (nSPS) is 17.6. The van der Waals surface area contributed by atoms with E-state index in [9.17, 15) is 9.59 Å². The summed E-state index contributed by atoms with van der Waals surface area (Å²) < 4.78 is 0. The molecule has 0 N–H and O–H groups in total. The van der Waals surface area contributed by atoms with E-state index in [1.165, 1.54) is 10.0 Å². The lowest BCUT2D eigenvalue weighted by atomic mass is 10.2. The highest BCUT2D eigenvalue weighted by molar-refractivity contribution is 6.35. The molecule has 2 aromatic rings. The van der Waals surface area contributed by atoms with E-state index in [0.717, 1.165) is 25.9 Å². The van der Waals surface area contributed by atoms with Crippen LogP contribution in [0.4, 0.5) is 11.4 Å². The zero-order valence-corrected chi connectivity index (χ0v) is 13.8. The lowest BCUT2D eigenvalue weighted by Crippen LogP contribution is -2.41. The molecule has 0 atom stereocenters. The maximum absolute atomic E-state index is 13.1. The summed E-state index contributed by atoms with van der Waals surface area (Å²) >= 11 is 0. The third-order valence-electron chi connectivity index (χ3n) is 4.50. The molecule has 2 fully saturated rings. The van der Waals surface area contributed by atoms with Crippen molar-refractivity contribution in [2.75, 3.05) is 23.1 Å². The first-order valence-electron chi connectivity index (χ1n) is 8.50. The van der Waals surface area contributed by atoms with Gasteiger partial charge in [-0.15, -0.1) is 0 Å². The van der Waals surface area contributed by atoms with E-state index in [2.05, 4.69) is 4.90 Å². The minimum atomic E-state index is -0.285. The van der Waals surface area contributed by atoms with Gasteiger partial charge in [0.2, 0.25) is 0 Å². The number of anilines is 2. The lowest BCUT2D eigenvalue weighted by molar-refractivity contribution is -0.116. The zero-order chi connectivity index (χ0) is 17.2. The number of rotatable bonds is 3.